The second-order valence-corrected chi connectivity index (χ2v) is 3.41. The first kappa shape index (κ1) is 11.5. The third-order valence-corrected chi connectivity index (χ3v) is 2.31. The molecular formula is C13H15NO3. The zero-order valence-corrected chi connectivity index (χ0v) is 9.97. The van der Waals surface area contributed by atoms with Crippen molar-refractivity contribution >= 4 is 0 Å². The van der Waals surface area contributed by atoms with E-state index in [4.69, 9.17) is 14.0 Å². The highest BCUT2D eigenvalue weighted by Crippen LogP contribution is 2.38. The predicted octanol–water partition coefficient (Wildman–Crippen LogP) is 3.14. The van der Waals surface area contributed by atoms with Gasteiger partial charge in [0.2, 0.25) is 0 Å². The fraction of sp³-hybridized carbons (Fsp3) is 0.308. The van der Waals surface area contributed by atoms with Gasteiger partial charge in [0.25, 0.3) is 0 Å². The minimum Gasteiger partial charge on any atom is -0.493 e. The second kappa shape index (κ2) is 5.39. The van der Waals surface area contributed by atoms with Crippen molar-refractivity contribution in [1.29, 1.82) is 0 Å². The summed E-state index contributed by atoms with van der Waals surface area (Å²) in [5.74, 6) is 1.56. The van der Waals surface area contributed by atoms with Gasteiger partial charge in [-0.3, -0.25) is 0 Å². The van der Waals surface area contributed by atoms with Gasteiger partial charge in [-0.2, -0.15) is 0 Å². The molecule has 4 nitrogen and oxygen atoms in total. The van der Waals surface area contributed by atoms with Crippen LogP contribution >= 0.6 is 0 Å². The maximum atomic E-state index is 5.60. The van der Waals surface area contributed by atoms with Gasteiger partial charge in [0.15, 0.2) is 0 Å². The van der Waals surface area contributed by atoms with E-state index in [2.05, 4.69) is 5.16 Å². The molecule has 0 saturated heterocycles. The van der Waals surface area contributed by atoms with Gasteiger partial charge in [0.05, 0.1) is 25.0 Å². The maximum Gasteiger partial charge on any atom is 0.131 e. The molecule has 4 heteroatoms. The van der Waals surface area contributed by atoms with Crippen LogP contribution in [0.5, 0.6) is 11.5 Å². The Bertz CT molecular complexity index is 441. The lowest BCUT2D eigenvalue weighted by atomic mass is 10.1. The Morgan fingerprint density at radius 1 is 1.12 bits per heavy atom. The van der Waals surface area contributed by atoms with Crippen molar-refractivity contribution in [2.75, 3.05) is 13.2 Å². The normalized spacial score (nSPS) is 10.2. The first-order chi connectivity index (χ1) is 8.36. The van der Waals surface area contributed by atoms with E-state index < -0.39 is 0 Å². The molecule has 1 heterocycles. The molecule has 0 N–H and O–H groups in total. The Morgan fingerprint density at radius 3 is 2.24 bits per heavy atom. The molecular weight excluding hydrogens is 218 g/mol. The Balaban J connectivity index is 2.50. The molecule has 0 spiro atoms. The van der Waals surface area contributed by atoms with Crippen molar-refractivity contribution in [1.82, 2.24) is 5.16 Å². The number of hydrogen-bond donors (Lipinski definition) is 0. The summed E-state index contributed by atoms with van der Waals surface area (Å²) >= 11 is 0. The standard InChI is InChI=1S/C13H15NO3/c1-3-15-11-6-5-7-12(16-4-2)13(11)10-8-14-17-9-10/h5-9H,3-4H2,1-2H3. The average molecular weight is 233 g/mol. The van der Waals surface area contributed by atoms with Crippen LogP contribution in [0.3, 0.4) is 0 Å². The average Bonchev–Trinajstić information content (AvgIpc) is 2.84. The summed E-state index contributed by atoms with van der Waals surface area (Å²) in [4.78, 5) is 0. The maximum absolute atomic E-state index is 5.60. The van der Waals surface area contributed by atoms with Crippen LogP contribution in [-0.2, 0) is 0 Å². The van der Waals surface area contributed by atoms with Gasteiger partial charge in [0.1, 0.15) is 17.8 Å². The molecule has 90 valence electrons. The molecule has 0 bridgehead atoms. The second-order valence-electron chi connectivity index (χ2n) is 3.41. The quantitative estimate of drug-likeness (QED) is 0.795. The van der Waals surface area contributed by atoms with E-state index >= 15 is 0 Å². The molecule has 0 saturated carbocycles. The third kappa shape index (κ3) is 2.41. The highest BCUT2D eigenvalue weighted by Gasteiger charge is 2.14. The molecule has 1 aromatic carbocycles. The van der Waals surface area contributed by atoms with E-state index in [1.165, 1.54) is 0 Å². The van der Waals surface area contributed by atoms with Gasteiger partial charge in [-0.1, -0.05) is 11.2 Å². The van der Waals surface area contributed by atoms with Crippen molar-refractivity contribution in [3.8, 4) is 22.6 Å². The number of nitrogens with zero attached hydrogens (tertiary/aromatic N) is 1. The summed E-state index contributed by atoms with van der Waals surface area (Å²) in [6.07, 6.45) is 3.24. The number of ether oxygens (including phenoxy) is 2. The molecule has 0 unspecified atom stereocenters. The first-order valence-electron chi connectivity index (χ1n) is 5.65. The van der Waals surface area contributed by atoms with Crippen LogP contribution in [0, 0.1) is 0 Å². The molecule has 0 amide bonds. The topological polar surface area (TPSA) is 44.5 Å². The Kier molecular flexibility index (Phi) is 3.65. The fourth-order valence-corrected chi connectivity index (χ4v) is 1.68. The molecule has 2 rings (SSSR count). The van der Waals surface area contributed by atoms with Crippen LogP contribution in [0.2, 0.25) is 0 Å². The minimum atomic E-state index is 0.605. The fourth-order valence-electron chi connectivity index (χ4n) is 1.68. The van der Waals surface area contributed by atoms with Crippen LogP contribution < -0.4 is 9.47 Å². The summed E-state index contributed by atoms with van der Waals surface area (Å²) < 4.78 is 16.1. The third-order valence-electron chi connectivity index (χ3n) is 2.31. The summed E-state index contributed by atoms with van der Waals surface area (Å²) in [5, 5.41) is 3.71. The highest BCUT2D eigenvalue weighted by atomic mass is 16.5. The van der Waals surface area contributed by atoms with Crippen LogP contribution in [-0.4, -0.2) is 18.4 Å². The van der Waals surface area contributed by atoms with E-state index in [-0.39, 0.29) is 0 Å². The molecule has 2 aromatic rings. The number of hydrogen-bond acceptors (Lipinski definition) is 4. The molecule has 1 aromatic heterocycles. The van der Waals surface area contributed by atoms with E-state index in [1.54, 1.807) is 12.5 Å². The van der Waals surface area contributed by atoms with Gasteiger partial charge in [0, 0.05) is 5.56 Å². The van der Waals surface area contributed by atoms with Gasteiger partial charge < -0.3 is 14.0 Å². The van der Waals surface area contributed by atoms with Crippen LogP contribution in [0.1, 0.15) is 13.8 Å². The molecule has 0 radical (unpaired) electrons. The first-order valence-corrected chi connectivity index (χ1v) is 5.65. The van der Waals surface area contributed by atoms with E-state index in [0.717, 1.165) is 22.6 Å². The van der Waals surface area contributed by atoms with Crippen molar-refractivity contribution in [2.45, 2.75) is 13.8 Å². The Morgan fingerprint density at radius 2 is 1.76 bits per heavy atom. The predicted molar refractivity (Wildman–Crippen MR) is 64.3 cm³/mol. The number of rotatable bonds is 5. The molecule has 0 aliphatic rings. The van der Waals surface area contributed by atoms with Gasteiger partial charge in [-0.25, -0.2) is 0 Å². The highest BCUT2D eigenvalue weighted by molar-refractivity contribution is 5.75. The van der Waals surface area contributed by atoms with Crippen molar-refractivity contribution in [2.24, 2.45) is 0 Å². The lowest BCUT2D eigenvalue weighted by molar-refractivity contribution is 0.325. The molecule has 0 fully saturated rings. The summed E-state index contributed by atoms with van der Waals surface area (Å²) in [5.41, 5.74) is 1.75. The SMILES string of the molecule is CCOc1cccc(OCC)c1-c1cnoc1. The lowest BCUT2D eigenvalue weighted by Gasteiger charge is -2.13. The van der Waals surface area contributed by atoms with E-state index in [9.17, 15) is 0 Å². The smallest absolute Gasteiger partial charge is 0.131 e. The van der Waals surface area contributed by atoms with Gasteiger partial charge in [-0.15, -0.1) is 0 Å². The Hall–Kier alpha value is -1.97. The number of aromatic nitrogens is 1. The van der Waals surface area contributed by atoms with E-state index in [1.807, 2.05) is 32.0 Å². The van der Waals surface area contributed by atoms with Crippen molar-refractivity contribution in [3.05, 3.63) is 30.7 Å². The van der Waals surface area contributed by atoms with Crippen LogP contribution in [0.15, 0.2) is 35.2 Å². The number of benzene rings is 1. The zero-order valence-electron chi connectivity index (χ0n) is 9.97. The monoisotopic (exact) mass is 233 g/mol. The molecule has 0 atom stereocenters. The van der Waals surface area contributed by atoms with Crippen LogP contribution in [0.25, 0.3) is 11.1 Å². The van der Waals surface area contributed by atoms with Crippen molar-refractivity contribution in [3.63, 3.8) is 0 Å². The summed E-state index contributed by atoms with van der Waals surface area (Å²) in [6.45, 7) is 5.11. The largest absolute Gasteiger partial charge is 0.493 e. The molecule has 17 heavy (non-hydrogen) atoms. The molecule has 0 aliphatic heterocycles. The molecule has 0 aliphatic carbocycles. The minimum absolute atomic E-state index is 0.605. The Labute approximate surface area is 100 Å². The van der Waals surface area contributed by atoms with Gasteiger partial charge in [-0.05, 0) is 26.0 Å². The lowest BCUT2D eigenvalue weighted by Crippen LogP contribution is -1.98. The van der Waals surface area contributed by atoms with Crippen LogP contribution in [0.4, 0.5) is 0 Å². The summed E-state index contributed by atoms with van der Waals surface area (Å²) in [7, 11) is 0. The zero-order chi connectivity index (χ0) is 12.1. The van der Waals surface area contributed by atoms with Crippen molar-refractivity contribution < 1.29 is 14.0 Å². The van der Waals surface area contributed by atoms with Gasteiger partial charge >= 0.3 is 0 Å². The summed E-state index contributed by atoms with van der Waals surface area (Å²) in [6, 6.07) is 5.73. The van der Waals surface area contributed by atoms with E-state index in [0.29, 0.717) is 13.2 Å².